The van der Waals surface area contributed by atoms with Crippen LogP contribution in [0.15, 0.2) is 16.4 Å². The zero-order chi connectivity index (χ0) is 18.9. The minimum Gasteiger partial charge on any atom is -0.501 e. The quantitative estimate of drug-likeness (QED) is 0.195. The summed E-state index contributed by atoms with van der Waals surface area (Å²) in [5.41, 5.74) is -1.26. The highest BCUT2D eigenvalue weighted by molar-refractivity contribution is 6.14. The zero-order valence-electron chi connectivity index (χ0n) is 14.8. The fourth-order valence-electron chi connectivity index (χ4n) is 1.25. The summed E-state index contributed by atoms with van der Waals surface area (Å²) in [4.78, 5) is 35.2. The van der Waals surface area contributed by atoms with E-state index in [4.69, 9.17) is 9.47 Å². The summed E-state index contributed by atoms with van der Waals surface area (Å²) in [7, 11) is 1.29. The number of hydrogen-bond acceptors (Lipinski definition) is 8. The Labute approximate surface area is 140 Å². The van der Waals surface area contributed by atoms with Gasteiger partial charge in [-0.2, -0.15) is 5.10 Å². The van der Waals surface area contributed by atoms with Crippen molar-refractivity contribution in [3.05, 3.63) is 11.3 Å². The van der Waals surface area contributed by atoms with Gasteiger partial charge in [-0.15, -0.1) is 0 Å². The molecule has 0 radical (unpaired) electrons. The number of carbonyl (C=O) groups is 3. The van der Waals surface area contributed by atoms with Gasteiger partial charge in [0.05, 0.1) is 19.4 Å². The van der Waals surface area contributed by atoms with Crippen molar-refractivity contribution >= 4 is 24.2 Å². The van der Waals surface area contributed by atoms with Crippen molar-refractivity contribution in [2.45, 2.75) is 40.2 Å². The van der Waals surface area contributed by atoms with E-state index < -0.39 is 35.0 Å². The molecule has 0 atom stereocenters. The highest BCUT2D eigenvalue weighted by Crippen LogP contribution is 2.10. The van der Waals surface area contributed by atoms with Crippen LogP contribution in [0, 0.1) is 0 Å². The Morgan fingerprint density at radius 3 is 2.04 bits per heavy atom. The predicted molar refractivity (Wildman–Crippen MR) is 85.4 cm³/mol. The molecule has 0 bridgehead atoms. The third-order valence-corrected chi connectivity index (χ3v) is 2.24. The first-order valence-corrected chi connectivity index (χ1v) is 7.31. The second-order valence-electron chi connectivity index (χ2n) is 5.45. The molecule has 1 amide bonds. The monoisotopic (exact) mass is 344 g/mol. The Morgan fingerprint density at radius 1 is 1.08 bits per heavy atom. The molecule has 0 unspecified atom stereocenters. The smallest absolute Gasteiger partial charge is 0.430 e. The van der Waals surface area contributed by atoms with Crippen LogP contribution < -0.4 is 0 Å². The van der Waals surface area contributed by atoms with Crippen LogP contribution >= 0.6 is 0 Å². The lowest BCUT2D eigenvalue weighted by molar-refractivity contribution is -0.143. The summed E-state index contributed by atoms with van der Waals surface area (Å²) in [5.74, 6) is -3.05. The molecule has 0 spiro atoms. The molecule has 0 saturated heterocycles. The first-order chi connectivity index (χ1) is 11.0. The van der Waals surface area contributed by atoms with Gasteiger partial charge in [-0.05, 0) is 34.6 Å². The largest absolute Gasteiger partial charge is 0.501 e. The van der Waals surface area contributed by atoms with Crippen LogP contribution in [0.4, 0.5) is 4.79 Å². The number of carbonyl (C=O) groups excluding carboxylic acids is 3. The van der Waals surface area contributed by atoms with Crippen molar-refractivity contribution in [3.8, 4) is 0 Å². The maximum atomic E-state index is 11.8. The van der Waals surface area contributed by atoms with Crippen LogP contribution in [0.2, 0.25) is 0 Å². The molecule has 0 fully saturated rings. The molecule has 24 heavy (non-hydrogen) atoms. The predicted octanol–water partition coefficient (Wildman–Crippen LogP) is 1.78. The van der Waals surface area contributed by atoms with Gasteiger partial charge >= 0.3 is 18.0 Å². The molecule has 0 aliphatic carbocycles. The molecular formula is C15H24N2O7. The first kappa shape index (κ1) is 21.4. The van der Waals surface area contributed by atoms with Crippen molar-refractivity contribution < 1.29 is 33.7 Å². The molecule has 136 valence electrons. The van der Waals surface area contributed by atoms with Crippen LogP contribution in [0.3, 0.4) is 0 Å². The molecule has 0 aliphatic rings. The Bertz CT molecular complexity index is 532. The Hall–Kier alpha value is -2.58. The van der Waals surface area contributed by atoms with Gasteiger partial charge in [0.15, 0.2) is 0 Å². The van der Waals surface area contributed by atoms with E-state index in [1.54, 1.807) is 34.6 Å². The molecule has 0 rings (SSSR count). The van der Waals surface area contributed by atoms with Crippen LogP contribution in [0.25, 0.3) is 0 Å². The van der Waals surface area contributed by atoms with E-state index in [0.717, 1.165) is 11.2 Å². The lowest BCUT2D eigenvalue weighted by Gasteiger charge is -2.22. The molecule has 1 N–H and O–H groups in total. The topological polar surface area (TPSA) is 115 Å². The summed E-state index contributed by atoms with van der Waals surface area (Å²) in [6.07, 6.45) is 0.0475. The molecule has 0 aromatic heterocycles. The Balaban J connectivity index is 5.40. The SMILES string of the molecule is CCOC(=O)C(O)=C(C=NN(C)C(=O)OC(C)(C)C)C(=O)OCC. The molecule has 0 heterocycles. The maximum absolute atomic E-state index is 11.8. The van der Waals surface area contributed by atoms with Gasteiger partial charge in [-0.1, -0.05) is 0 Å². The summed E-state index contributed by atoms with van der Waals surface area (Å²) in [5, 5.41) is 14.3. The molecule has 0 aromatic rings. The van der Waals surface area contributed by atoms with Crippen molar-refractivity contribution in [3.63, 3.8) is 0 Å². The van der Waals surface area contributed by atoms with Crippen LogP contribution in [-0.2, 0) is 23.8 Å². The number of hydrogen-bond donors (Lipinski definition) is 1. The van der Waals surface area contributed by atoms with Crippen molar-refractivity contribution in [1.82, 2.24) is 5.01 Å². The second kappa shape index (κ2) is 9.53. The summed E-state index contributed by atoms with van der Waals surface area (Å²) >= 11 is 0. The summed E-state index contributed by atoms with van der Waals surface area (Å²) < 4.78 is 14.4. The van der Waals surface area contributed by atoms with E-state index in [9.17, 15) is 19.5 Å². The number of aliphatic hydroxyl groups is 1. The molecular weight excluding hydrogens is 320 g/mol. The third-order valence-electron chi connectivity index (χ3n) is 2.24. The van der Waals surface area contributed by atoms with Gasteiger partial charge in [-0.25, -0.2) is 19.4 Å². The van der Waals surface area contributed by atoms with E-state index in [0.29, 0.717) is 0 Å². The first-order valence-electron chi connectivity index (χ1n) is 7.31. The van der Waals surface area contributed by atoms with Gasteiger partial charge in [0.2, 0.25) is 5.76 Å². The molecule has 0 aliphatic heterocycles. The Kier molecular flexibility index (Phi) is 8.51. The zero-order valence-corrected chi connectivity index (χ0v) is 14.8. The minimum absolute atomic E-state index is 0.00789. The van der Waals surface area contributed by atoms with Crippen LogP contribution in [0.1, 0.15) is 34.6 Å². The second-order valence-corrected chi connectivity index (χ2v) is 5.45. The van der Waals surface area contributed by atoms with Crippen molar-refractivity contribution in [2.75, 3.05) is 20.3 Å². The number of ether oxygens (including phenoxy) is 3. The number of amides is 1. The minimum atomic E-state index is -1.10. The van der Waals surface area contributed by atoms with Gasteiger partial charge in [0, 0.05) is 7.05 Å². The highest BCUT2D eigenvalue weighted by atomic mass is 16.6. The number of hydrazone groups is 1. The van der Waals surface area contributed by atoms with E-state index >= 15 is 0 Å². The fourth-order valence-corrected chi connectivity index (χ4v) is 1.25. The average molecular weight is 344 g/mol. The average Bonchev–Trinajstić information content (AvgIpc) is 2.45. The van der Waals surface area contributed by atoms with E-state index in [-0.39, 0.29) is 13.2 Å². The number of rotatable bonds is 6. The normalized spacial score (nSPS) is 12.4. The van der Waals surface area contributed by atoms with Gasteiger partial charge in [-0.3, -0.25) is 0 Å². The third kappa shape index (κ3) is 7.61. The molecule has 0 saturated carbocycles. The number of aliphatic hydroxyl groups excluding tert-OH is 1. The molecule has 9 heteroatoms. The Morgan fingerprint density at radius 2 is 1.58 bits per heavy atom. The summed E-state index contributed by atoms with van der Waals surface area (Å²) in [6.45, 7) is 8.17. The maximum Gasteiger partial charge on any atom is 0.430 e. The highest BCUT2D eigenvalue weighted by Gasteiger charge is 2.23. The van der Waals surface area contributed by atoms with Gasteiger partial charge in [0.1, 0.15) is 11.2 Å². The molecule has 9 nitrogen and oxygen atoms in total. The van der Waals surface area contributed by atoms with E-state index in [1.165, 1.54) is 7.05 Å². The van der Waals surface area contributed by atoms with E-state index in [2.05, 4.69) is 9.84 Å². The lowest BCUT2D eigenvalue weighted by atomic mass is 10.2. The van der Waals surface area contributed by atoms with E-state index in [1.807, 2.05) is 0 Å². The van der Waals surface area contributed by atoms with Gasteiger partial charge < -0.3 is 19.3 Å². The lowest BCUT2D eigenvalue weighted by Crippen LogP contribution is -2.31. The summed E-state index contributed by atoms with van der Waals surface area (Å²) in [6, 6.07) is 0. The van der Waals surface area contributed by atoms with Gasteiger partial charge in [0.25, 0.3) is 0 Å². The van der Waals surface area contributed by atoms with Crippen LogP contribution in [0.5, 0.6) is 0 Å². The fraction of sp³-hybridized carbons (Fsp3) is 0.600. The van der Waals surface area contributed by atoms with Crippen LogP contribution in [-0.4, -0.2) is 60.2 Å². The number of nitrogens with zero attached hydrogens (tertiary/aromatic N) is 2. The standard InChI is InChI=1S/C15H24N2O7/c1-7-22-12(19)10(11(18)13(20)23-8-2)9-16-17(6)14(21)24-15(3,4)5/h9,18H,7-8H2,1-6H3. The number of esters is 2. The molecule has 0 aromatic carbocycles. The van der Waals surface area contributed by atoms with Crippen molar-refractivity contribution in [1.29, 1.82) is 0 Å². The van der Waals surface area contributed by atoms with Crippen molar-refractivity contribution in [2.24, 2.45) is 5.10 Å².